The number of unbranched alkanes of at least 4 members (excludes halogenated alkanes) is 1. The molecule has 0 saturated carbocycles. The molecule has 0 aromatic heterocycles. The van der Waals surface area contributed by atoms with Crippen LogP contribution in [-0.2, 0) is 22.9 Å². The number of carbonyl (C=O) groups is 1. The summed E-state index contributed by atoms with van der Waals surface area (Å²) >= 11 is 5.63. The molecule has 6 heteroatoms. The van der Waals surface area contributed by atoms with Crippen LogP contribution in [-0.4, -0.2) is 43.7 Å². The van der Waals surface area contributed by atoms with Gasteiger partial charge in [0.1, 0.15) is 0 Å². The van der Waals surface area contributed by atoms with Gasteiger partial charge in [-0.2, -0.15) is 0 Å². The highest BCUT2D eigenvalue weighted by Crippen LogP contribution is 2.27. The van der Waals surface area contributed by atoms with Crippen LogP contribution < -0.4 is 0 Å². The summed E-state index contributed by atoms with van der Waals surface area (Å²) < 4.78 is 24.7. The van der Waals surface area contributed by atoms with Crippen molar-refractivity contribution in [2.45, 2.75) is 38.1 Å². The molecule has 2 rings (SSSR count). The highest BCUT2D eigenvalue weighted by atomic mass is 35.5. The van der Waals surface area contributed by atoms with Crippen LogP contribution >= 0.6 is 11.6 Å². The van der Waals surface area contributed by atoms with Gasteiger partial charge in [0.05, 0.1) is 6.26 Å². The van der Waals surface area contributed by atoms with Crippen molar-refractivity contribution in [1.82, 2.24) is 4.31 Å². The van der Waals surface area contributed by atoms with E-state index in [2.05, 4.69) is 0 Å². The molecule has 0 bridgehead atoms. The standard InChI is InChI=1S/C16H22ClNO3S/c1-18(22(2,20)21)15-10-12-6-7-13(9-14(12)11-15)16(19)5-3-4-8-17/h6-7,9,15H,3-5,8,10-11H2,1-2H3. The molecule has 0 N–H and O–H groups in total. The summed E-state index contributed by atoms with van der Waals surface area (Å²) in [6.07, 6.45) is 4.76. The summed E-state index contributed by atoms with van der Waals surface area (Å²) in [5.74, 6) is 0.713. The van der Waals surface area contributed by atoms with Crippen molar-refractivity contribution < 1.29 is 13.2 Å². The molecule has 0 heterocycles. The van der Waals surface area contributed by atoms with Crippen LogP contribution in [0.2, 0.25) is 0 Å². The van der Waals surface area contributed by atoms with Crippen LogP contribution in [0.15, 0.2) is 18.2 Å². The van der Waals surface area contributed by atoms with Gasteiger partial charge in [0.15, 0.2) is 5.78 Å². The van der Waals surface area contributed by atoms with Gasteiger partial charge in [-0.25, -0.2) is 12.7 Å². The van der Waals surface area contributed by atoms with Crippen LogP contribution in [0.25, 0.3) is 0 Å². The Bertz CT molecular complexity index is 657. The third-order valence-corrected chi connectivity index (χ3v) is 5.88. The summed E-state index contributed by atoms with van der Waals surface area (Å²) in [6, 6.07) is 5.69. The van der Waals surface area contributed by atoms with E-state index in [-0.39, 0.29) is 11.8 Å². The number of halogens is 1. The largest absolute Gasteiger partial charge is 0.294 e. The van der Waals surface area contributed by atoms with Crippen LogP contribution in [0.5, 0.6) is 0 Å². The van der Waals surface area contributed by atoms with Gasteiger partial charge in [0.25, 0.3) is 0 Å². The van der Waals surface area contributed by atoms with Crippen molar-refractivity contribution in [2.75, 3.05) is 19.2 Å². The van der Waals surface area contributed by atoms with E-state index in [1.54, 1.807) is 7.05 Å². The molecule has 1 aromatic rings. The SMILES string of the molecule is CN(C1Cc2ccc(C(=O)CCCCCl)cc2C1)S(C)(=O)=O. The molecule has 22 heavy (non-hydrogen) atoms. The summed E-state index contributed by atoms with van der Waals surface area (Å²) in [7, 11) is -1.58. The normalized spacial score (nSPS) is 17.7. The molecule has 1 atom stereocenters. The Morgan fingerprint density at radius 3 is 2.59 bits per heavy atom. The van der Waals surface area contributed by atoms with Crippen LogP contribution in [0, 0.1) is 0 Å². The number of sulfonamides is 1. The van der Waals surface area contributed by atoms with Crippen LogP contribution in [0.1, 0.15) is 40.7 Å². The van der Waals surface area contributed by atoms with Crippen molar-refractivity contribution in [2.24, 2.45) is 0 Å². The monoisotopic (exact) mass is 343 g/mol. The molecule has 0 spiro atoms. The summed E-state index contributed by atoms with van der Waals surface area (Å²) in [5, 5.41) is 0. The lowest BCUT2D eigenvalue weighted by molar-refractivity contribution is 0.0980. The number of likely N-dealkylation sites (N-methyl/N-ethyl adjacent to an activating group) is 1. The van der Waals surface area contributed by atoms with Gasteiger partial charge in [0.2, 0.25) is 10.0 Å². The second-order valence-electron chi connectivity index (χ2n) is 5.89. The van der Waals surface area contributed by atoms with E-state index in [4.69, 9.17) is 11.6 Å². The lowest BCUT2D eigenvalue weighted by atomic mass is 10.0. The summed E-state index contributed by atoms with van der Waals surface area (Å²) in [5.41, 5.74) is 2.94. The Morgan fingerprint density at radius 1 is 1.27 bits per heavy atom. The Hall–Kier alpha value is -0.910. The Balaban J connectivity index is 2.08. The zero-order valence-corrected chi connectivity index (χ0v) is 14.6. The quantitative estimate of drug-likeness (QED) is 0.434. The van der Waals surface area contributed by atoms with E-state index in [9.17, 15) is 13.2 Å². The topological polar surface area (TPSA) is 54.5 Å². The number of carbonyl (C=O) groups excluding carboxylic acids is 1. The second kappa shape index (κ2) is 7.11. The molecule has 1 aromatic carbocycles. The number of rotatable bonds is 7. The van der Waals surface area contributed by atoms with Crippen LogP contribution in [0.3, 0.4) is 0 Å². The maximum absolute atomic E-state index is 12.1. The average molecular weight is 344 g/mol. The predicted octanol–water partition coefficient (Wildman–Crippen LogP) is 2.64. The molecule has 122 valence electrons. The molecule has 4 nitrogen and oxygen atoms in total. The molecule has 0 radical (unpaired) electrons. The number of hydrogen-bond acceptors (Lipinski definition) is 3. The van der Waals surface area contributed by atoms with E-state index in [0.717, 1.165) is 29.5 Å². The highest BCUT2D eigenvalue weighted by molar-refractivity contribution is 7.88. The number of fused-ring (bicyclic) bond motifs is 1. The van der Waals surface area contributed by atoms with Gasteiger partial charge in [-0.1, -0.05) is 12.1 Å². The summed E-state index contributed by atoms with van der Waals surface area (Å²) in [4.78, 5) is 12.1. The lowest BCUT2D eigenvalue weighted by Gasteiger charge is -2.21. The number of Topliss-reactive ketones (excluding diaryl/α,β-unsaturated/α-hetero) is 1. The van der Waals surface area contributed by atoms with Gasteiger partial charge in [-0.3, -0.25) is 4.79 Å². The van der Waals surface area contributed by atoms with Gasteiger partial charge in [-0.15, -0.1) is 11.6 Å². The van der Waals surface area contributed by atoms with Crippen molar-refractivity contribution in [3.8, 4) is 0 Å². The van der Waals surface area contributed by atoms with Gasteiger partial charge < -0.3 is 0 Å². The van der Waals surface area contributed by atoms with Crippen molar-refractivity contribution >= 4 is 27.4 Å². The zero-order valence-electron chi connectivity index (χ0n) is 13.0. The van der Waals surface area contributed by atoms with Gasteiger partial charge in [-0.05, 0) is 42.9 Å². The Morgan fingerprint density at radius 2 is 1.95 bits per heavy atom. The maximum Gasteiger partial charge on any atom is 0.211 e. The fraction of sp³-hybridized carbons (Fsp3) is 0.562. The fourth-order valence-corrected chi connectivity index (χ4v) is 3.70. The molecule has 0 fully saturated rings. The number of nitrogens with zero attached hydrogens (tertiary/aromatic N) is 1. The molecule has 1 unspecified atom stereocenters. The number of alkyl halides is 1. The van der Waals surface area contributed by atoms with E-state index in [1.165, 1.54) is 10.6 Å². The minimum absolute atomic E-state index is 0.0494. The number of hydrogen-bond donors (Lipinski definition) is 0. The minimum Gasteiger partial charge on any atom is -0.294 e. The number of benzene rings is 1. The van der Waals surface area contributed by atoms with Crippen molar-refractivity contribution in [3.63, 3.8) is 0 Å². The smallest absolute Gasteiger partial charge is 0.211 e. The molecule has 1 aliphatic carbocycles. The summed E-state index contributed by atoms with van der Waals surface area (Å²) in [6.45, 7) is 0. The Labute approximate surface area is 137 Å². The van der Waals surface area contributed by atoms with Gasteiger partial charge in [0, 0.05) is 31.0 Å². The highest BCUT2D eigenvalue weighted by Gasteiger charge is 2.29. The third-order valence-electron chi connectivity index (χ3n) is 4.26. The molecule has 0 aliphatic heterocycles. The molecular weight excluding hydrogens is 322 g/mol. The maximum atomic E-state index is 12.1. The second-order valence-corrected chi connectivity index (χ2v) is 8.31. The minimum atomic E-state index is -3.19. The van der Waals surface area contributed by atoms with E-state index in [0.29, 0.717) is 25.1 Å². The van der Waals surface area contributed by atoms with Crippen LogP contribution in [0.4, 0.5) is 0 Å². The zero-order chi connectivity index (χ0) is 16.3. The average Bonchev–Trinajstić information content (AvgIpc) is 2.88. The van der Waals surface area contributed by atoms with E-state index < -0.39 is 10.0 Å². The number of ketones is 1. The van der Waals surface area contributed by atoms with E-state index >= 15 is 0 Å². The van der Waals surface area contributed by atoms with Crippen molar-refractivity contribution in [3.05, 3.63) is 34.9 Å². The first-order valence-electron chi connectivity index (χ1n) is 7.47. The van der Waals surface area contributed by atoms with Crippen molar-refractivity contribution in [1.29, 1.82) is 0 Å². The molecule has 0 saturated heterocycles. The molecular formula is C16H22ClNO3S. The fourth-order valence-electron chi connectivity index (χ4n) is 2.82. The lowest BCUT2D eigenvalue weighted by Crippen LogP contribution is -2.36. The molecule has 0 amide bonds. The van der Waals surface area contributed by atoms with E-state index in [1.807, 2.05) is 18.2 Å². The first-order chi connectivity index (χ1) is 10.3. The predicted molar refractivity (Wildman–Crippen MR) is 89.1 cm³/mol. The first kappa shape index (κ1) is 17.4. The first-order valence-corrected chi connectivity index (χ1v) is 9.85. The Kier molecular flexibility index (Phi) is 5.64. The molecule has 1 aliphatic rings. The van der Waals surface area contributed by atoms with Gasteiger partial charge >= 0.3 is 0 Å². The third kappa shape index (κ3) is 4.09.